The van der Waals surface area contributed by atoms with Gasteiger partial charge in [-0.2, -0.15) is 0 Å². The Morgan fingerprint density at radius 3 is 2.49 bits per heavy atom. The molecule has 2 aromatic carbocycles. The minimum Gasteiger partial charge on any atom is -0.490 e. The highest BCUT2D eigenvalue weighted by Crippen LogP contribution is 2.50. The van der Waals surface area contributed by atoms with E-state index >= 15 is 0 Å². The Hall–Kier alpha value is -3.58. The molecule has 0 bridgehead atoms. The fraction of sp³-hybridized carbons (Fsp3) is 0.500. The molecule has 4 unspecified atom stereocenters. The van der Waals surface area contributed by atoms with Crippen LogP contribution in [0.1, 0.15) is 60.8 Å². The zero-order valence-corrected chi connectivity index (χ0v) is 26.9. The van der Waals surface area contributed by atoms with Gasteiger partial charge in [0.15, 0.2) is 0 Å². The summed E-state index contributed by atoms with van der Waals surface area (Å²) in [4.78, 5) is 16.6. The molecular formula is C36H48N4O7. The maximum atomic E-state index is 12.1. The first kappa shape index (κ1) is 34.7. The van der Waals surface area contributed by atoms with Crippen molar-refractivity contribution in [2.75, 3.05) is 19.7 Å². The van der Waals surface area contributed by atoms with E-state index in [4.69, 9.17) is 9.84 Å². The van der Waals surface area contributed by atoms with Crippen LogP contribution < -0.4 is 20.7 Å². The van der Waals surface area contributed by atoms with Crippen LogP contribution in [0.3, 0.4) is 0 Å². The van der Waals surface area contributed by atoms with Crippen LogP contribution >= 0.6 is 0 Å². The SMILES string of the molecule is Cc1ccc(CCCCNC(=O)NCC(O)C(O)C(O)C(O)CO)cc1CNC1(c2cnccc2-c2ccccc2OC2CC2)CC1. The molecule has 0 spiro atoms. The summed E-state index contributed by atoms with van der Waals surface area (Å²) in [5.41, 5.74) is 7.08. The van der Waals surface area contributed by atoms with Gasteiger partial charge in [0, 0.05) is 43.1 Å². The minimum absolute atomic E-state index is 0.125. The van der Waals surface area contributed by atoms with E-state index < -0.39 is 37.1 Å². The summed E-state index contributed by atoms with van der Waals surface area (Å²) in [5.74, 6) is 0.934. The molecule has 47 heavy (non-hydrogen) atoms. The number of nitrogens with one attached hydrogen (secondary N) is 3. The highest BCUT2D eigenvalue weighted by Gasteiger charge is 2.46. The van der Waals surface area contributed by atoms with Crippen LogP contribution in [0.2, 0.25) is 0 Å². The van der Waals surface area contributed by atoms with Crippen molar-refractivity contribution < 1.29 is 35.1 Å². The molecule has 11 nitrogen and oxygen atoms in total. The number of carbonyl (C=O) groups excluding carboxylic acids is 1. The number of hydrogen-bond donors (Lipinski definition) is 8. The van der Waals surface area contributed by atoms with E-state index in [1.807, 2.05) is 18.5 Å². The van der Waals surface area contributed by atoms with Gasteiger partial charge in [-0.3, -0.25) is 4.98 Å². The van der Waals surface area contributed by atoms with Crippen molar-refractivity contribution in [3.05, 3.63) is 83.2 Å². The third kappa shape index (κ3) is 9.28. The lowest BCUT2D eigenvalue weighted by Crippen LogP contribution is -2.50. The number of para-hydroxylation sites is 1. The summed E-state index contributed by atoms with van der Waals surface area (Å²) in [5, 5.41) is 56.8. The number of urea groups is 1. The lowest BCUT2D eigenvalue weighted by molar-refractivity contribution is -0.113. The first-order chi connectivity index (χ1) is 22.7. The molecule has 1 heterocycles. The number of aryl methyl sites for hydroxylation is 2. The number of aliphatic hydroxyl groups is 5. The zero-order valence-electron chi connectivity index (χ0n) is 26.9. The van der Waals surface area contributed by atoms with E-state index in [9.17, 15) is 25.2 Å². The van der Waals surface area contributed by atoms with Crippen molar-refractivity contribution >= 4 is 6.03 Å². The van der Waals surface area contributed by atoms with Gasteiger partial charge in [-0.05, 0) is 91.8 Å². The van der Waals surface area contributed by atoms with E-state index in [2.05, 4.69) is 70.3 Å². The van der Waals surface area contributed by atoms with Crippen molar-refractivity contribution in [1.82, 2.24) is 20.9 Å². The number of aromatic nitrogens is 1. The third-order valence-electron chi connectivity index (χ3n) is 9.09. The molecule has 254 valence electrons. The quantitative estimate of drug-likeness (QED) is 0.0963. The van der Waals surface area contributed by atoms with E-state index in [1.165, 1.54) is 27.8 Å². The maximum absolute atomic E-state index is 12.1. The molecule has 2 aliphatic carbocycles. The van der Waals surface area contributed by atoms with E-state index in [0.29, 0.717) is 12.6 Å². The fourth-order valence-electron chi connectivity index (χ4n) is 5.77. The van der Waals surface area contributed by atoms with Gasteiger partial charge in [0.1, 0.15) is 24.1 Å². The van der Waals surface area contributed by atoms with Crippen LogP contribution in [-0.4, -0.2) is 86.8 Å². The second-order valence-electron chi connectivity index (χ2n) is 12.8. The largest absolute Gasteiger partial charge is 0.490 e. The topological polar surface area (TPSA) is 176 Å². The van der Waals surface area contributed by atoms with Crippen LogP contribution in [0.4, 0.5) is 4.79 Å². The summed E-state index contributed by atoms with van der Waals surface area (Å²) in [6, 6.07) is 16.5. The summed E-state index contributed by atoms with van der Waals surface area (Å²) < 4.78 is 6.26. The number of amides is 2. The summed E-state index contributed by atoms with van der Waals surface area (Å²) in [6.07, 6.45) is 4.43. The predicted molar refractivity (Wildman–Crippen MR) is 178 cm³/mol. The van der Waals surface area contributed by atoms with Crippen LogP contribution in [0.25, 0.3) is 11.1 Å². The average molecular weight is 649 g/mol. The van der Waals surface area contributed by atoms with Crippen molar-refractivity contribution in [3.63, 3.8) is 0 Å². The number of aliphatic hydroxyl groups excluding tert-OH is 5. The fourth-order valence-corrected chi connectivity index (χ4v) is 5.77. The van der Waals surface area contributed by atoms with E-state index in [1.54, 1.807) is 0 Å². The van der Waals surface area contributed by atoms with Crippen LogP contribution in [0.5, 0.6) is 5.75 Å². The number of rotatable bonds is 18. The second kappa shape index (κ2) is 16.0. The molecule has 0 radical (unpaired) electrons. The van der Waals surface area contributed by atoms with Crippen molar-refractivity contribution in [3.8, 4) is 16.9 Å². The van der Waals surface area contributed by atoms with Gasteiger partial charge in [0.2, 0.25) is 0 Å². The highest BCUT2D eigenvalue weighted by molar-refractivity contribution is 5.75. The molecule has 2 aliphatic rings. The Morgan fingerprint density at radius 1 is 0.979 bits per heavy atom. The molecule has 2 amide bonds. The molecule has 0 saturated heterocycles. The van der Waals surface area contributed by atoms with Crippen LogP contribution in [-0.2, 0) is 18.5 Å². The molecule has 4 atom stereocenters. The van der Waals surface area contributed by atoms with Gasteiger partial charge in [0.05, 0.1) is 18.8 Å². The van der Waals surface area contributed by atoms with Crippen LogP contribution in [0, 0.1) is 6.92 Å². The summed E-state index contributed by atoms with van der Waals surface area (Å²) >= 11 is 0. The van der Waals surface area contributed by atoms with Crippen molar-refractivity contribution in [1.29, 1.82) is 0 Å². The molecule has 3 aromatic rings. The molecule has 2 saturated carbocycles. The molecule has 8 N–H and O–H groups in total. The van der Waals surface area contributed by atoms with Gasteiger partial charge < -0.3 is 46.2 Å². The standard InChI is InChI=1S/C36H48N4O7/c1-23-9-10-24(6-4-5-16-38-35(46)39-21-30(42)33(44)34(45)31(43)22-41)18-25(23)19-40-36(14-15-36)29-20-37-17-13-27(29)28-7-2-3-8-32(28)47-26-11-12-26/h2-3,7-10,13,17-18,20,26,30-31,33-34,40-45H,4-6,11-12,14-16,19,21-22H2,1H3,(H2,38,39,46). The Balaban J connectivity index is 1.09. The number of pyridine rings is 1. The number of hydrogen-bond acceptors (Lipinski definition) is 9. The highest BCUT2D eigenvalue weighted by atomic mass is 16.5. The third-order valence-corrected chi connectivity index (χ3v) is 9.09. The molecule has 0 aliphatic heterocycles. The lowest BCUT2D eigenvalue weighted by Gasteiger charge is -2.25. The van der Waals surface area contributed by atoms with Gasteiger partial charge >= 0.3 is 6.03 Å². The maximum Gasteiger partial charge on any atom is 0.314 e. The molecule has 5 rings (SSSR count). The molecule has 11 heteroatoms. The van der Waals surface area contributed by atoms with Gasteiger partial charge in [-0.15, -0.1) is 0 Å². The van der Waals surface area contributed by atoms with E-state index in [-0.39, 0.29) is 12.1 Å². The predicted octanol–water partition coefficient (Wildman–Crippen LogP) is 2.43. The Bertz CT molecular complexity index is 1480. The Morgan fingerprint density at radius 2 is 1.74 bits per heavy atom. The van der Waals surface area contributed by atoms with Gasteiger partial charge in [0.25, 0.3) is 0 Å². The molecular weight excluding hydrogens is 600 g/mol. The Labute approximate surface area is 276 Å². The van der Waals surface area contributed by atoms with Gasteiger partial charge in [-0.25, -0.2) is 4.79 Å². The van der Waals surface area contributed by atoms with Crippen LogP contribution in [0.15, 0.2) is 60.9 Å². The summed E-state index contributed by atoms with van der Waals surface area (Å²) in [7, 11) is 0. The minimum atomic E-state index is -1.73. The van der Waals surface area contributed by atoms with Gasteiger partial charge in [-0.1, -0.05) is 36.4 Å². The molecule has 2 fully saturated rings. The Kier molecular flexibility index (Phi) is 11.8. The van der Waals surface area contributed by atoms with Crippen molar-refractivity contribution in [2.24, 2.45) is 0 Å². The average Bonchev–Trinajstić information content (AvgIpc) is 4.04. The number of benzene rings is 2. The normalized spacial score (nSPS) is 17.7. The lowest BCUT2D eigenvalue weighted by atomic mass is 9.94. The number of unbranched alkanes of at least 4 members (excludes halogenated alkanes) is 1. The molecule has 1 aromatic heterocycles. The first-order valence-corrected chi connectivity index (χ1v) is 16.6. The summed E-state index contributed by atoms with van der Waals surface area (Å²) in [6.45, 7) is 2.22. The number of carbonyl (C=O) groups is 1. The number of ether oxygens (including phenoxy) is 1. The smallest absolute Gasteiger partial charge is 0.314 e. The van der Waals surface area contributed by atoms with Crippen molar-refractivity contribution in [2.45, 2.75) is 94.5 Å². The first-order valence-electron chi connectivity index (χ1n) is 16.6. The second-order valence-corrected chi connectivity index (χ2v) is 12.8. The number of nitrogens with zero attached hydrogens (tertiary/aromatic N) is 1. The monoisotopic (exact) mass is 648 g/mol. The zero-order chi connectivity index (χ0) is 33.4. The van der Waals surface area contributed by atoms with E-state index in [0.717, 1.165) is 62.8 Å².